The molecule has 2 amide bonds. The molecule has 4 rings (SSSR count). The van der Waals surface area contributed by atoms with Gasteiger partial charge >= 0.3 is 0 Å². The maximum atomic E-state index is 13.8. The molecule has 1 aliphatic heterocycles. The highest BCUT2D eigenvalue weighted by molar-refractivity contribution is 6.04. The van der Waals surface area contributed by atoms with E-state index in [0.717, 1.165) is 45.6 Å². The molecule has 2 aliphatic rings. The van der Waals surface area contributed by atoms with Crippen LogP contribution < -0.4 is 15.5 Å². The van der Waals surface area contributed by atoms with E-state index in [1.54, 1.807) is 0 Å². The van der Waals surface area contributed by atoms with Crippen LogP contribution in [0.5, 0.6) is 0 Å². The molecule has 2 aromatic rings. The average Bonchev–Trinajstić information content (AvgIpc) is 3.55. The molecule has 2 N–H and O–H groups in total. The van der Waals surface area contributed by atoms with E-state index in [1.807, 2.05) is 13.0 Å². The Balaban J connectivity index is 1.21. The van der Waals surface area contributed by atoms with E-state index in [9.17, 15) is 14.0 Å². The van der Waals surface area contributed by atoms with E-state index in [-0.39, 0.29) is 23.3 Å². The summed E-state index contributed by atoms with van der Waals surface area (Å²) in [6, 6.07) is 14.3. The Bertz CT molecular complexity index is 944. The minimum atomic E-state index is -0.496. The van der Waals surface area contributed by atoms with Gasteiger partial charge in [0.1, 0.15) is 5.82 Å². The fourth-order valence-electron chi connectivity index (χ4n) is 4.19. The van der Waals surface area contributed by atoms with Crippen LogP contribution in [0.4, 0.5) is 15.8 Å². The number of piperazine rings is 1. The zero-order valence-electron chi connectivity index (χ0n) is 18.5. The van der Waals surface area contributed by atoms with Crippen LogP contribution in [0.15, 0.2) is 48.5 Å². The van der Waals surface area contributed by atoms with Crippen LogP contribution in [0, 0.1) is 17.7 Å². The summed E-state index contributed by atoms with van der Waals surface area (Å²) in [6.45, 7) is 7.37. The summed E-state index contributed by atoms with van der Waals surface area (Å²) in [5.74, 6) is -0.616. The molecule has 0 bridgehead atoms. The van der Waals surface area contributed by atoms with Crippen LogP contribution in [0.1, 0.15) is 30.1 Å². The van der Waals surface area contributed by atoms with Crippen LogP contribution in [0.2, 0.25) is 0 Å². The molecule has 2 fully saturated rings. The number of rotatable bonds is 8. The number of hydrogen-bond donors (Lipinski definition) is 2. The van der Waals surface area contributed by atoms with Crippen molar-refractivity contribution < 1.29 is 14.0 Å². The number of benzene rings is 2. The first-order valence-corrected chi connectivity index (χ1v) is 11.4. The van der Waals surface area contributed by atoms with E-state index < -0.39 is 5.82 Å². The monoisotopic (exact) mass is 438 g/mol. The van der Waals surface area contributed by atoms with Gasteiger partial charge in [0, 0.05) is 44.3 Å². The van der Waals surface area contributed by atoms with Crippen molar-refractivity contribution in [1.29, 1.82) is 0 Å². The molecule has 0 aromatic heterocycles. The van der Waals surface area contributed by atoms with E-state index in [1.165, 1.54) is 23.9 Å². The SMILES string of the molecule is CC1CC1C(=O)Nc1ccc(F)cc1C(=O)NCCCN1CCN(c2ccccc2)CC1. The van der Waals surface area contributed by atoms with Gasteiger partial charge in [-0.05, 0) is 55.6 Å². The number of anilines is 2. The van der Waals surface area contributed by atoms with Crippen molar-refractivity contribution in [2.45, 2.75) is 19.8 Å². The van der Waals surface area contributed by atoms with E-state index in [2.05, 4.69) is 44.7 Å². The van der Waals surface area contributed by atoms with Crippen molar-refractivity contribution in [2.75, 3.05) is 49.5 Å². The Morgan fingerprint density at radius 3 is 2.47 bits per heavy atom. The number of amides is 2. The van der Waals surface area contributed by atoms with Gasteiger partial charge < -0.3 is 15.5 Å². The van der Waals surface area contributed by atoms with Crippen molar-refractivity contribution in [1.82, 2.24) is 10.2 Å². The number of para-hydroxylation sites is 1. The number of halogens is 1. The highest BCUT2D eigenvalue weighted by Crippen LogP contribution is 2.38. The van der Waals surface area contributed by atoms with Crippen molar-refractivity contribution in [3.05, 3.63) is 59.9 Å². The van der Waals surface area contributed by atoms with Crippen molar-refractivity contribution >= 4 is 23.2 Å². The van der Waals surface area contributed by atoms with Gasteiger partial charge in [-0.2, -0.15) is 0 Å². The van der Waals surface area contributed by atoms with Crippen LogP contribution in [0.25, 0.3) is 0 Å². The second-order valence-corrected chi connectivity index (χ2v) is 8.77. The first-order chi connectivity index (χ1) is 15.5. The normalized spacial score (nSPS) is 20.6. The fourth-order valence-corrected chi connectivity index (χ4v) is 4.19. The quantitative estimate of drug-likeness (QED) is 0.621. The zero-order chi connectivity index (χ0) is 22.5. The Hall–Kier alpha value is -2.93. The van der Waals surface area contributed by atoms with Gasteiger partial charge in [-0.3, -0.25) is 14.5 Å². The van der Waals surface area contributed by atoms with Crippen LogP contribution in [0.3, 0.4) is 0 Å². The molecule has 0 spiro atoms. The fraction of sp³-hybridized carbons (Fsp3) is 0.440. The molecular formula is C25H31FN4O2. The molecule has 0 radical (unpaired) electrons. The molecule has 1 saturated carbocycles. The second kappa shape index (κ2) is 10.1. The van der Waals surface area contributed by atoms with Crippen LogP contribution in [-0.2, 0) is 4.79 Å². The molecule has 1 heterocycles. The second-order valence-electron chi connectivity index (χ2n) is 8.77. The van der Waals surface area contributed by atoms with E-state index in [4.69, 9.17) is 0 Å². The largest absolute Gasteiger partial charge is 0.369 e. The third-order valence-corrected chi connectivity index (χ3v) is 6.36. The third-order valence-electron chi connectivity index (χ3n) is 6.36. The highest BCUT2D eigenvalue weighted by atomic mass is 19.1. The predicted octanol–water partition coefficient (Wildman–Crippen LogP) is 3.36. The highest BCUT2D eigenvalue weighted by Gasteiger charge is 2.39. The smallest absolute Gasteiger partial charge is 0.253 e. The molecule has 2 aromatic carbocycles. The topological polar surface area (TPSA) is 64.7 Å². The Morgan fingerprint density at radius 2 is 1.78 bits per heavy atom. The van der Waals surface area contributed by atoms with Gasteiger partial charge in [0.05, 0.1) is 11.3 Å². The number of carbonyl (C=O) groups is 2. The number of hydrogen-bond acceptors (Lipinski definition) is 4. The maximum absolute atomic E-state index is 13.8. The summed E-state index contributed by atoms with van der Waals surface area (Å²) in [7, 11) is 0. The number of nitrogens with one attached hydrogen (secondary N) is 2. The van der Waals surface area contributed by atoms with Crippen molar-refractivity contribution in [3.63, 3.8) is 0 Å². The molecule has 6 nitrogen and oxygen atoms in total. The van der Waals surface area contributed by atoms with E-state index >= 15 is 0 Å². The van der Waals surface area contributed by atoms with Gasteiger partial charge in [-0.1, -0.05) is 25.1 Å². The van der Waals surface area contributed by atoms with E-state index in [0.29, 0.717) is 18.2 Å². The average molecular weight is 439 g/mol. The number of carbonyl (C=O) groups excluding carboxylic acids is 2. The molecule has 32 heavy (non-hydrogen) atoms. The minimum Gasteiger partial charge on any atom is -0.369 e. The summed E-state index contributed by atoms with van der Waals surface area (Å²) in [5, 5.41) is 5.67. The van der Waals surface area contributed by atoms with Gasteiger partial charge in [-0.25, -0.2) is 4.39 Å². The number of nitrogens with zero attached hydrogens (tertiary/aromatic N) is 2. The van der Waals surface area contributed by atoms with Crippen LogP contribution >= 0.6 is 0 Å². The van der Waals surface area contributed by atoms with Crippen molar-refractivity contribution in [3.8, 4) is 0 Å². The molecule has 2 unspecified atom stereocenters. The Kier molecular flexibility index (Phi) is 7.05. The molecule has 7 heteroatoms. The first-order valence-electron chi connectivity index (χ1n) is 11.4. The molecular weight excluding hydrogens is 407 g/mol. The predicted molar refractivity (Wildman–Crippen MR) is 124 cm³/mol. The molecule has 1 saturated heterocycles. The lowest BCUT2D eigenvalue weighted by Crippen LogP contribution is -2.47. The summed E-state index contributed by atoms with van der Waals surface area (Å²) in [4.78, 5) is 29.7. The maximum Gasteiger partial charge on any atom is 0.253 e. The Labute approximate surface area is 188 Å². The molecule has 1 aliphatic carbocycles. The Morgan fingerprint density at radius 1 is 1.06 bits per heavy atom. The summed E-state index contributed by atoms with van der Waals surface area (Å²) in [6.07, 6.45) is 1.67. The standard InChI is InChI=1S/C25H31FN4O2/c1-18-16-21(18)25(32)28-23-9-8-19(26)17-22(23)24(31)27-10-5-11-29-12-14-30(15-13-29)20-6-3-2-4-7-20/h2-4,6-9,17-18,21H,5,10-16H2,1H3,(H,27,31)(H,28,32). The molecule has 2 atom stereocenters. The third kappa shape index (κ3) is 5.65. The summed E-state index contributed by atoms with van der Waals surface area (Å²) < 4.78 is 13.8. The lowest BCUT2D eigenvalue weighted by molar-refractivity contribution is -0.117. The lowest BCUT2D eigenvalue weighted by Gasteiger charge is -2.36. The van der Waals surface area contributed by atoms with Crippen LogP contribution in [-0.4, -0.2) is 56.0 Å². The molecule has 170 valence electrons. The van der Waals surface area contributed by atoms with Gasteiger partial charge in [0.15, 0.2) is 0 Å². The first kappa shape index (κ1) is 22.3. The van der Waals surface area contributed by atoms with Gasteiger partial charge in [0.2, 0.25) is 5.91 Å². The van der Waals surface area contributed by atoms with Gasteiger partial charge in [-0.15, -0.1) is 0 Å². The summed E-state index contributed by atoms with van der Waals surface area (Å²) >= 11 is 0. The zero-order valence-corrected chi connectivity index (χ0v) is 18.5. The lowest BCUT2D eigenvalue weighted by atomic mass is 10.1. The summed E-state index contributed by atoms with van der Waals surface area (Å²) in [5.41, 5.74) is 1.79. The van der Waals surface area contributed by atoms with Gasteiger partial charge in [0.25, 0.3) is 5.91 Å². The van der Waals surface area contributed by atoms with Crippen molar-refractivity contribution in [2.24, 2.45) is 11.8 Å². The minimum absolute atomic E-state index is 0.0154.